The molecular formula is C21H23FN2O4. The Morgan fingerprint density at radius 3 is 2.86 bits per heavy atom. The Bertz CT molecular complexity index is 843. The zero-order chi connectivity index (χ0) is 19.9. The first kappa shape index (κ1) is 20.0. The Kier molecular flexibility index (Phi) is 6.73. The number of anilines is 1. The van der Waals surface area contributed by atoms with Crippen molar-refractivity contribution in [3.05, 3.63) is 65.5 Å². The van der Waals surface area contributed by atoms with Crippen LogP contribution in [0.1, 0.15) is 22.8 Å². The first-order valence-electron chi connectivity index (χ1n) is 9.12. The number of morpholine rings is 1. The van der Waals surface area contributed by atoms with Crippen LogP contribution in [0, 0.1) is 5.82 Å². The molecule has 148 valence electrons. The van der Waals surface area contributed by atoms with Gasteiger partial charge in [-0.1, -0.05) is 24.3 Å². The molecule has 0 bridgehead atoms. The van der Waals surface area contributed by atoms with Crippen molar-refractivity contribution in [2.45, 2.75) is 19.6 Å². The normalized spacial score (nSPS) is 16.6. The minimum Gasteiger partial charge on any atom is -0.374 e. The van der Waals surface area contributed by atoms with E-state index in [9.17, 15) is 14.0 Å². The standard InChI is InChI=1S/C21H23FN2O4/c1-15(25)23-18-7-4-6-16(11-18)21(26)24-9-10-28-19(12-24)14-27-13-17-5-2-3-8-20(17)22/h2-8,11,19H,9-10,12-14H2,1H3,(H,23,25). The zero-order valence-electron chi connectivity index (χ0n) is 15.7. The number of benzene rings is 2. The van der Waals surface area contributed by atoms with Gasteiger partial charge in [0, 0.05) is 36.8 Å². The number of hydrogen-bond acceptors (Lipinski definition) is 4. The summed E-state index contributed by atoms with van der Waals surface area (Å²) in [5, 5.41) is 2.67. The number of rotatable bonds is 6. The van der Waals surface area contributed by atoms with Gasteiger partial charge in [0.15, 0.2) is 0 Å². The number of amides is 2. The summed E-state index contributed by atoms with van der Waals surface area (Å²) in [5.41, 5.74) is 1.57. The second-order valence-corrected chi connectivity index (χ2v) is 6.61. The summed E-state index contributed by atoms with van der Waals surface area (Å²) in [4.78, 5) is 25.7. The lowest BCUT2D eigenvalue weighted by Gasteiger charge is -2.33. The predicted octanol–water partition coefficient (Wildman–Crippen LogP) is 2.84. The summed E-state index contributed by atoms with van der Waals surface area (Å²) in [5.74, 6) is -0.624. The van der Waals surface area contributed by atoms with Crippen molar-refractivity contribution < 1.29 is 23.5 Å². The summed E-state index contributed by atoms with van der Waals surface area (Å²) in [6.07, 6.45) is -0.275. The van der Waals surface area contributed by atoms with E-state index in [1.54, 1.807) is 47.4 Å². The molecule has 1 heterocycles. The number of ether oxygens (including phenoxy) is 2. The Morgan fingerprint density at radius 1 is 1.25 bits per heavy atom. The molecule has 0 saturated carbocycles. The van der Waals surface area contributed by atoms with Crippen LogP contribution in [0.25, 0.3) is 0 Å². The van der Waals surface area contributed by atoms with E-state index in [1.165, 1.54) is 13.0 Å². The summed E-state index contributed by atoms with van der Waals surface area (Å²) in [6, 6.07) is 13.3. The molecule has 3 rings (SSSR count). The molecule has 28 heavy (non-hydrogen) atoms. The molecule has 2 aromatic carbocycles. The monoisotopic (exact) mass is 386 g/mol. The molecule has 1 saturated heterocycles. The molecule has 6 nitrogen and oxygen atoms in total. The summed E-state index contributed by atoms with van der Waals surface area (Å²) in [7, 11) is 0. The van der Waals surface area contributed by atoms with Crippen molar-refractivity contribution in [3.8, 4) is 0 Å². The van der Waals surface area contributed by atoms with Crippen LogP contribution >= 0.6 is 0 Å². The molecule has 1 fully saturated rings. The summed E-state index contributed by atoms with van der Waals surface area (Å²) in [6.45, 7) is 3.12. The molecule has 7 heteroatoms. The summed E-state index contributed by atoms with van der Waals surface area (Å²) >= 11 is 0. The fraction of sp³-hybridized carbons (Fsp3) is 0.333. The number of nitrogens with one attached hydrogen (secondary N) is 1. The average molecular weight is 386 g/mol. The summed E-state index contributed by atoms with van der Waals surface area (Å²) < 4.78 is 24.9. The lowest BCUT2D eigenvalue weighted by atomic mass is 10.1. The Labute approximate surface area is 163 Å². The van der Waals surface area contributed by atoms with Gasteiger partial charge in [0.1, 0.15) is 5.82 Å². The Hall–Kier alpha value is -2.77. The van der Waals surface area contributed by atoms with E-state index in [0.717, 1.165) is 0 Å². The second-order valence-electron chi connectivity index (χ2n) is 6.61. The Morgan fingerprint density at radius 2 is 2.07 bits per heavy atom. The molecule has 2 aromatic rings. The van der Waals surface area contributed by atoms with Gasteiger partial charge in [-0.2, -0.15) is 0 Å². The zero-order valence-corrected chi connectivity index (χ0v) is 15.7. The van der Waals surface area contributed by atoms with Gasteiger partial charge >= 0.3 is 0 Å². The smallest absolute Gasteiger partial charge is 0.254 e. The van der Waals surface area contributed by atoms with Gasteiger partial charge in [-0.05, 0) is 24.3 Å². The molecule has 1 unspecified atom stereocenters. The van der Waals surface area contributed by atoms with Gasteiger partial charge in [-0.3, -0.25) is 9.59 Å². The van der Waals surface area contributed by atoms with Crippen LogP contribution < -0.4 is 5.32 Å². The van der Waals surface area contributed by atoms with E-state index in [-0.39, 0.29) is 36.9 Å². The second kappa shape index (κ2) is 9.43. The van der Waals surface area contributed by atoms with E-state index in [4.69, 9.17) is 9.47 Å². The molecule has 1 N–H and O–H groups in total. The van der Waals surface area contributed by atoms with Gasteiger partial charge in [-0.25, -0.2) is 4.39 Å². The quantitative estimate of drug-likeness (QED) is 0.829. The van der Waals surface area contributed by atoms with Crippen molar-refractivity contribution in [1.82, 2.24) is 4.90 Å². The molecule has 1 aliphatic rings. The lowest BCUT2D eigenvalue weighted by Crippen LogP contribution is -2.47. The van der Waals surface area contributed by atoms with Crippen molar-refractivity contribution in [2.75, 3.05) is 31.6 Å². The molecular weight excluding hydrogens is 363 g/mol. The van der Waals surface area contributed by atoms with Crippen molar-refractivity contribution in [3.63, 3.8) is 0 Å². The number of nitrogens with zero attached hydrogens (tertiary/aromatic N) is 1. The average Bonchev–Trinajstić information content (AvgIpc) is 2.69. The molecule has 1 aliphatic heterocycles. The molecule has 0 aliphatic carbocycles. The minimum absolute atomic E-state index is 0.130. The molecule has 1 atom stereocenters. The van der Waals surface area contributed by atoms with Gasteiger partial charge < -0.3 is 19.7 Å². The molecule has 2 amide bonds. The third-order valence-electron chi connectivity index (χ3n) is 4.38. The topological polar surface area (TPSA) is 67.9 Å². The highest BCUT2D eigenvalue weighted by atomic mass is 19.1. The molecule has 0 spiro atoms. The van der Waals surface area contributed by atoms with E-state index < -0.39 is 0 Å². The third-order valence-corrected chi connectivity index (χ3v) is 4.38. The van der Waals surface area contributed by atoms with Crippen molar-refractivity contribution in [2.24, 2.45) is 0 Å². The third kappa shape index (κ3) is 5.37. The van der Waals surface area contributed by atoms with Crippen molar-refractivity contribution in [1.29, 1.82) is 0 Å². The van der Waals surface area contributed by atoms with Crippen LogP contribution in [0.5, 0.6) is 0 Å². The number of carbonyl (C=O) groups excluding carboxylic acids is 2. The Balaban J connectivity index is 1.55. The van der Waals surface area contributed by atoms with E-state index in [1.807, 2.05) is 0 Å². The number of carbonyl (C=O) groups is 2. The minimum atomic E-state index is -0.303. The van der Waals surface area contributed by atoms with Crippen LogP contribution in [0.3, 0.4) is 0 Å². The number of halogens is 1. The molecule has 0 aromatic heterocycles. The van der Waals surface area contributed by atoms with Crippen LogP contribution in [0.4, 0.5) is 10.1 Å². The molecule has 0 radical (unpaired) electrons. The SMILES string of the molecule is CC(=O)Nc1cccc(C(=O)N2CCOC(COCc3ccccc3F)C2)c1. The largest absolute Gasteiger partial charge is 0.374 e. The first-order chi connectivity index (χ1) is 13.5. The highest BCUT2D eigenvalue weighted by molar-refractivity contribution is 5.96. The lowest BCUT2D eigenvalue weighted by molar-refractivity contribution is -0.114. The van der Waals surface area contributed by atoms with E-state index in [0.29, 0.717) is 36.5 Å². The highest BCUT2D eigenvalue weighted by Gasteiger charge is 2.25. The fourth-order valence-corrected chi connectivity index (χ4v) is 3.04. The highest BCUT2D eigenvalue weighted by Crippen LogP contribution is 2.16. The van der Waals surface area contributed by atoms with Crippen LogP contribution in [0.2, 0.25) is 0 Å². The van der Waals surface area contributed by atoms with E-state index in [2.05, 4.69) is 5.32 Å². The van der Waals surface area contributed by atoms with Crippen LogP contribution in [-0.2, 0) is 20.9 Å². The fourth-order valence-electron chi connectivity index (χ4n) is 3.04. The maximum Gasteiger partial charge on any atom is 0.254 e. The van der Waals surface area contributed by atoms with Crippen LogP contribution in [0.15, 0.2) is 48.5 Å². The van der Waals surface area contributed by atoms with Gasteiger partial charge in [-0.15, -0.1) is 0 Å². The predicted molar refractivity (Wildman–Crippen MR) is 102 cm³/mol. The first-order valence-corrected chi connectivity index (χ1v) is 9.12. The van der Waals surface area contributed by atoms with Gasteiger partial charge in [0.05, 0.1) is 25.9 Å². The van der Waals surface area contributed by atoms with Gasteiger partial charge in [0.2, 0.25) is 5.91 Å². The number of hydrogen-bond donors (Lipinski definition) is 1. The van der Waals surface area contributed by atoms with Crippen LogP contribution in [-0.4, -0.2) is 49.1 Å². The van der Waals surface area contributed by atoms with Gasteiger partial charge in [0.25, 0.3) is 5.91 Å². The van der Waals surface area contributed by atoms with Crippen molar-refractivity contribution >= 4 is 17.5 Å². The maximum atomic E-state index is 13.6. The van der Waals surface area contributed by atoms with E-state index >= 15 is 0 Å². The maximum absolute atomic E-state index is 13.6.